The molecule has 0 saturated carbocycles. The first-order valence-electron chi connectivity index (χ1n) is 9.62. The van der Waals surface area contributed by atoms with E-state index in [-0.39, 0.29) is 14.0 Å². The maximum Gasteiger partial charge on any atom is 0.431 e. The Labute approximate surface area is 175 Å². The molecule has 1 aliphatic heterocycles. The second kappa shape index (κ2) is 8.60. The smallest absolute Gasteiger partial charge is 0.431 e. The van der Waals surface area contributed by atoms with Gasteiger partial charge in [0, 0.05) is 43.8 Å². The second-order valence-corrected chi connectivity index (χ2v) is 7.47. The lowest BCUT2D eigenvalue weighted by Gasteiger charge is -2.34. The molecule has 2 heterocycles. The molecule has 2 aromatic carbocycles. The van der Waals surface area contributed by atoms with Crippen LogP contribution in [0, 0.1) is 0 Å². The van der Waals surface area contributed by atoms with Crippen LogP contribution < -0.4 is 9.64 Å². The van der Waals surface area contributed by atoms with E-state index in [0.29, 0.717) is 16.7 Å². The molecule has 4 rings (SSSR count). The molecule has 3 aromatic rings. The van der Waals surface area contributed by atoms with Crippen LogP contribution in [-0.4, -0.2) is 49.8 Å². The third-order valence-corrected chi connectivity index (χ3v) is 5.53. The summed E-state index contributed by atoms with van der Waals surface area (Å²) in [5.41, 5.74) is 1.59. The molecule has 30 heavy (non-hydrogen) atoms. The number of benzene rings is 2. The Balaban J connectivity index is 0.00000256. The molecule has 1 saturated heterocycles. The molecule has 0 aliphatic carbocycles. The van der Waals surface area contributed by atoms with Crippen molar-refractivity contribution in [3.63, 3.8) is 0 Å². The molecule has 4 nitrogen and oxygen atoms in total. The Bertz CT molecular complexity index is 1000. The normalized spacial score (nSPS) is 15.3. The third kappa shape index (κ3) is 4.26. The van der Waals surface area contributed by atoms with E-state index in [4.69, 9.17) is 4.74 Å². The standard InChI is InChI=1S/C22H24F3N3O.CH4/c1-26-9-11-27(12-10-26)19-7-4-8-20-18(19)14-21(22(23,24)25)28(20)15-16-5-3-6-17(13-16)29-2;/h3-8,13-14H,9-12,15H2,1-2H3;1H4. The molecule has 0 radical (unpaired) electrons. The average molecular weight is 419 g/mol. The number of hydrogen-bond acceptors (Lipinski definition) is 3. The third-order valence-electron chi connectivity index (χ3n) is 5.53. The summed E-state index contributed by atoms with van der Waals surface area (Å²) >= 11 is 0. The van der Waals surface area contributed by atoms with Crippen LogP contribution in [0.4, 0.5) is 18.9 Å². The Morgan fingerprint density at radius 3 is 2.33 bits per heavy atom. The van der Waals surface area contributed by atoms with Gasteiger partial charge in [-0.15, -0.1) is 0 Å². The Morgan fingerprint density at radius 1 is 0.967 bits per heavy atom. The van der Waals surface area contributed by atoms with Gasteiger partial charge in [-0.1, -0.05) is 25.6 Å². The van der Waals surface area contributed by atoms with Crippen molar-refractivity contribution in [2.24, 2.45) is 0 Å². The van der Waals surface area contributed by atoms with Gasteiger partial charge in [-0.3, -0.25) is 0 Å². The first-order chi connectivity index (χ1) is 13.9. The molecule has 1 fully saturated rings. The molecule has 0 amide bonds. The van der Waals surface area contributed by atoms with Gasteiger partial charge < -0.3 is 19.1 Å². The zero-order chi connectivity index (χ0) is 20.6. The van der Waals surface area contributed by atoms with Crippen LogP contribution in [0.3, 0.4) is 0 Å². The van der Waals surface area contributed by atoms with Crippen molar-refractivity contribution in [1.82, 2.24) is 9.47 Å². The number of halogens is 3. The van der Waals surface area contributed by atoms with Crippen molar-refractivity contribution in [3.8, 4) is 5.75 Å². The molecule has 162 valence electrons. The number of likely N-dealkylation sites (N-methyl/N-ethyl adjacent to an activating group) is 1. The molecule has 1 aliphatic rings. The van der Waals surface area contributed by atoms with E-state index in [1.165, 1.54) is 10.6 Å². The van der Waals surface area contributed by atoms with Crippen molar-refractivity contribution in [2.75, 3.05) is 45.2 Å². The van der Waals surface area contributed by atoms with Gasteiger partial charge in [-0.2, -0.15) is 13.2 Å². The summed E-state index contributed by atoms with van der Waals surface area (Å²) < 4.78 is 48.3. The first kappa shape index (κ1) is 22.0. The van der Waals surface area contributed by atoms with E-state index in [0.717, 1.165) is 37.4 Å². The van der Waals surface area contributed by atoms with E-state index in [2.05, 4.69) is 16.8 Å². The van der Waals surface area contributed by atoms with Crippen LogP contribution in [0.1, 0.15) is 18.7 Å². The fraction of sp³-hybridized carbons (Fsp3) is 0.391. The number of nitrogens with zero attached hydrogens (tertiary/aromatic N) is 3. The van der Waals surface area contributed by atoms with Crippen LogP contribution in [-0.2, 0) is 12.7 Å². The number of ether oxygens (including phenoxy) is 1. The molecular formula is C23H28F3N3O. The van der Waals surface area contributed by atoms with Gasteiger partial charge in [0.25, 0.3) is 0 Å². The molecule has 0 unspecified atom stereocenters. The highest BCUT2D eigenvalue weighted by atomic mass is 19.4. The van der Waals surface area contributed by atoms with Gasteiger partial charge in [0.05, 0.1) is 12.6 Å². The topological polar surface area (TPSA) is 20.6 Å². The maximum atomic E-state index is 13.9. The largest absolute Gasteiger partial charge is 0.497 e. The minimum Gasteiger partial charge on any atom is -0.497 e. The Kier molecular flexibility index (Phi) is 6.31. The zero-order valence-corrected chi connectivity index (χ0v) is 16.5. The highest BCUT2D eigenvalue weighted by molar-refractivity contribution is 5.94. The number of anilines is 1. The number of piperazine rings is 1. The number of hydrogen-bond donors (Lipinski definition) is 0. The number of rotatable bonds is 4. The van der Waals surface area contributed by atoms with Gasteiger partial charge in [0.1, 0.15) is 11.4 Å². The summed E-state index contributed by atoms with van der Waals surface area (Å²) in [7, 11) is 3.61. The van der Waals surface area contributed by atoms with Crippen molar-refractivity contribution in [1.29, 1.82) is 0 Å². The van der Waals surface area contributed by atoms with Crippen molar-refractivity contribution in [3.05, 3.63) is 59.8 Å². The fourth-order valence-electron chi connectivity index (χ4n) is 3.95. The lowest BCUT2D eigenvalue weighted by atomic mass is 10.1. The van der Waals surface area contributed by atoms with Gasteiger partial charge in [0.2, 0.25) is 0 Å². The van der Waals surface area contributed by atoms with Crippen LogP contribution in [0.5, 0.6) is 5.75 Å². The number of alkyl halides is 3. The van der Waals surface area contributed by atoms with Crippen molar-refractivity contribution in [2.45, 2.75) is 20.1 Å². The quantitative estimate of drug-likeness (QED) is 0.587. The van der Waals surface area contributed by atoms with E-state index < -0.39 is 11.9 Å². The molecule has 0 atom stereocenters. The SMILES string of the molecule is C.COc1cccc(Cn2c(C(F)(F)F)cc3c(N4CCN(C)CC4)cccc32)c1. The lowest BCUT2D eigenvalue weighted by Crippen LogP contribution is -2.44. The second-order valence-electron chi connectivity index (χ2n) is 7.47. The van der Waals surface area contributed by atoms with Gasteiger partial charge in [0.15, 0.2) is 0 Å². The molecule has 7 heteroatoms. The predicted octanol–water partition coefficient (Wildman–Crippen LogP) is 5.10. The Morgan fingerprint density at radius 2 is 1.67 bits per heavy atom. The van der Waals surface area contributed by atoms with Gasteiger partial charge in [-0.05, 0) is 42.9 Å². The molecule has 1 aromatic heterocycles. The monoisotopic (exact) mass is 419 g/mol. The highest BCUT2D eigenvalue weighted by Gasteiger charge is 2.36. The average Bonchev–Trinajstić information content (AvgIpc) is 3.08. The fourth-order valence-corrected chi connectivity index (χ4v) is 3.95. The summed E-state index contributed by atoms with van der Waals surface area (Å²) in [6.45, 7) is 3.53. The van der Waals surface area contributed by atoms with Crippen LogP contribution in [0.25, 0.3) is 10.9 Å². The number of methoxy groups -OCH3 is 1. The minimum atomic E-state index is -4.43. The first-order valence-corrected chi connectivity index (χ1v) is 9.62. The minimum absolute atomic E-state index is 0. The number of aromatic nitrogens is 1. The van der Waals surface area contributed by atoms with Crippen molar-refractivity contribution >= 4 is 16.6 Å². The summed E-state index contributed by atoms with van der Waals surface area (Å²) in [5.74, 6) is 0.630. The van der Waals surface area contributed by atoms with Crippen LogP contribution >= 0.6 is 0 Å². The molecule has 0 spiro atoms. The van der Waals surface area contributed by atoms with E-state index >= 15 is 0 Å². The molecule has 0 N–H and O–H groups in total. The molecule has 0 bridgehead atoms. The van der Waals surface area contributed by atoms with Crippen LogP contribution in [0.15, 0.2) is 48.5 Å². The maximum absolute atomic E-state index is 13.9. The number of fused-ring (bicyclic) bond motifs is 1. The summed E-state index contributed by atoms with van der Waals surface area (Å²) in [4.78, 5) is 4.41. The van der Waals surface area contributed by atoms with E-state index in [1.807, 2.05) is 18.2 Å². The van der Waals surface area contributed by atoms with Gasteiger partial charge >= 0.3 is 6.18 Å². The lowest BCUT2D eigenvalue weighted by molar-refractivity contribution is -0.143. The Hall–Kier alpha value is -2.67. The zero-order valence-electron chi connectivity index (χ0n) is 16.5. The summed E-state index contributed by atoms with van der Waals surface area (Å²) in [5, 5.41) is 0.646. The highest BCUT2D eigenvalue weighted by Crippen LogP contribution is 2.38. The van der Waals surface area contributed by atoms with Crippen LogP contribution in [0.2, 0.25) is 0 Å². The summed E-state index contributed by atoms with van der Waals surface area (Å²) in [6, 6.07) is 14.0. The van der Waals surface area contributed by atoms with Crippen molar-refractivity contribution < 1.29 is 17.9 Å². The van der Waals surface area contributed by atoms with E-state index in [1.54, 1.807) is 31.4 Å². The molecular weight excluding hydrogens is 391 g/mol. The van der Waals surface area contributed by atoms with Gasteiger partial charge in [-0.25, -0.2) is 0 Å². The summed E-state index contributed by atoms with van der Waals surface area (Å²) in [6.07, 6.45) is -4.43. The van der Waals surface area contributed by atoms with E-state index in [9.17, 15) is 13.2 Å². The predicted molar refractivity (Wildman–Crippen MR) is 115 cm³/mol.